The van der Waals surface area contributed by atoms with E-state index in [4.69, 9.17) is 10.5 Å². The molecule has 0 aliphatic rings. The van der Waals surface area contributed by atoms with Gasteiger partial charge in [0.1, 0.15) is 5.54 Å². The van der Waals surface area contributed by atoms with Gasteiger partial charge >= 0.3 is 0 Å². The maximum absolute atomic E-state index is 13.8. The molecule has 0 aliphatic carbocycles. The molecule has 108 valence electrons. The summed E-state index contributed by atoms with van der Waals surface area (Å²) in [6.07, 6.45) is 0.279. The van der Waals surface area contributed by atoms with Gasteiger partial charge in [0.25, 0.3) is 0 Å². The van der Waals surface area contributed by atoms with Gasteiger partial charge in [-0.25, -0.2) is 4.39 Å². The molecule has 2 aromatic rings. The number of nitriles is 1. The van der Waals surface area contributed by atoms with Gasteiger partial charge in [-0.15, -0.1) is 0 Å². The van der Waals surface area contributed by atoms with Crippen molar-refractivity contribution in [2.24, 2.45) is 5.73 Å². The van der Waals surface area contributed by atoms with E-state index in [-0.39, 0.29) is 24.6 Å². The number of rotatable bonds is 5. The van der Waals surface area contributed by atoms with Gasteiger partial charge in [-0.3, -0.25) is 0 Å². The van der Waals surface area contributed by atoms with Crippen LogP contribution in [0.1, 0.15) is 17.5 Å². The van der Waals surface area contributed by atoms with Gasteiger partial charge in [0, 0.05) is 6.42 Å². The lowest BCUT2D eigenvalue weighted by atomic mass is 9.89. The summed E-state index contributed by atoms with van der Waals surface area (Å²) in [4.78, 5) is 0. The lowest BCUT2D eigenvalue weighted by Gasteiger charge is -2.22. The number of benzene rings is 2. The smallest absolute Gasteiger partial charge is 0.167 e. The normalized spacial score (nSPS) is 13.2. The largest absolute Gasteiger partial charge is 0.490 e. The van der Waals surface area contributed by atoms with Crippen LogP contribution in [-0.2, 0) is 5.54 Å². The van der Waals surface area contributed by atoms with Crippen LogP contribution in [0.3, 0.4) is 0 Å². The third kappa shape index (κ3) is 3.39. The zero-order valence-electron chi connectivity index (χ0n) is 11.8. The molecule has 2 aromatic carbocycles. The Morgan fingerprint density at radius 3 is 2.57 bits per heavy atom. The lowest BCUT2D eigenvalue weighted by molar-refractivity contribution is 0.269. The molecule has 0 aliphatic heterocycles. The molecule has 0 amide bonds. The molecule has 0 bridgehead atoms. The highest BCUT2D eigenvalue weighted by Crippen LogP contribution is 2.24. The van der Waals surface area contributed by atoms with Crippen molar-refractivity contribution < 1.29 is 9.13 Å². The van der Waals surface area contributed by atoms with Crippen molar-refractivity contribution in [1.82, 2.24) is 0 Å². The molecule has 1 atom stereocenters. The standard InChI is InChI=1S/C17H17FN2O/c1-13-6-5-9-15(16(13)18)21-11-10-17(20,12-19)14-7-3-2-4-8-14/h2-9H,10-11,20H2,1H3. The van der Waals surface area contributed by atoms with Gasteiger partial charge < -0.3 is 10.5 Å². The monoisotopic (exact) mass is 284 g/mol. The summed E-state index contributed by atoms with van der Waals surface area (Å²) < 4.78 is 19.2. The number of ether oxygens (including phenoxy) is 1. The first-order valence-electron chi connectivity index (χ1n) is 6.70. The topological polar surface area (TPSA) is 59.0 Å². The Bertz CT molecular complexity index is 652. The molecule has 2 N–H and O–H groups in total. The minimum Gasteiger partial charge on any atom is -0.490 e. The van der Waals surface area contributed by atoms with E-state index in [0.29, 0.717) is 5.56 Å². The zero-order valence-corrected chi connectivity index (χ0v) is 11.8. The van der Waals surface area contributed by atoms with E-state index in [9.17, 15) is 9.65 Å². The van der Waals surface area contributed by atoms with E-state index >= 15 is 0 Å². The van der Waals surface area contributed by atoms with Crippen molar-refractivity contribution >= 4 is 0 Å². The van der Waals surface area contributed by atoms with Gasteiger partial charge in [0.2, 0.25) is 0 Å². The molecule has 2 rings (SSSR count). The first-order valence-corrected chi connectivity index (χ1v) is 6.70. The van der Waals surface area contributed by atoms with E-state index in [1.807, 2.05) is 18.2 Å². The summed E-state index contributed by atoms with van der Waals surface area (Å²) in [5.74, 6) is -0.194. The van der Waals surface area contributed by atoms with E-state index in [1.54, 1.807) is 37.3 Å². The van der Waals surface area contributed by atoms with E-state index in [0.717, 1.165) is 5.56 Å². The first-order chi connectivity index (χ1) is 10.1. The number of hydrogen-bond donors (Lipinski definition) is 1. The average Bonchev–Trinajstić information content (AvgIpc) is 2.52. The molecule has 0 saturated carbocycles. The fourth-order valence-corrected chi connectivity index (χ4v) is 2.05. The Kier molecular flexibility index (Phi) is 4.56. The second kappa shape index (κ2) is 6.38. The van der Waals surface area contributed by atoms with Crippen LogP contribution < -0.4 is 10.5 Å². The van der Waals surface area contributed by atoms with Crippen LogP contribution in [0.15, 0.2) is 48.5 Å². The van der Waals surface area contributed by atoms with Crippen molar-refractivity contribution in [3.8, 4) is 11.8 Å². The highest BCUT2D eigenvalue weighted by molar-refractivity contribution is 5.32. The van der Waals surface area contributed by atoms with Crippen molar-refractivity contribution in [2.45, 2.75) is 18.9 Å². The maximum Gasteiger partial charge on any atom is 0.167 e. The predicted molar refractivity (Wildman–Crippen MR) is 79.2 cm³/mol. The zero-order chi connectivity index (χ0) is 15.3. The second-order valence-corrected chi connectivity index (χ2v) is 4.93. The van der Waals surface area contributed by atoms with E-state index in [2.05, 4.69) is 6.07 Å². The summed E-state index contributed by atoms with van der Waals surface area (Å²) in [6.45, 7) is 1.84. The van der Waals surface area contributed by atoms with Crippen molar-refractivity contribution in [3.63, 3.8) is 0 Å². The molecule has 1 unspecified atom stereocenters. The summed E-state index contributed by atoms with van der Waals surface area (Å²) in [7, 11) is 0. The summed E-state index contributed by atoms with van der Waals surface area (Å²) in [5, 5.41) is 9.33. The first kappa shape index (κ1) is 15.0. The van der Waals surface area contributed by atoms with Crippen LogP contribution in [0, 0.1) is 24.1 Å². The third-order valence-corrected chi connectivity index (χ3v) is 3.40. The molecule has 0 radical (unpaired) electrons. The maximum atomic E-state index is 13.8. The molecule has 21 heavy (non-hydrogen) atoms. The van der Waals surface area contributed by atoms with E-state index < -0.39 is 5.54 Å². The number of nitrogens with zero attached hydrogens (tertiary/aromatic N) is 1. The van der Waals surface area contributed by atoms with Crippen LogP contribution in [-0.4, -0.2) is 6.61 Å². The van der Waals surface area contributed by atoms with Crippen molar-refractivity contribution in [1.29, 1.82) is 5.26 Å². The summed E-state index contributed by atoms with van der Waals surface area (Å²) >= 11 is 0. The molecular formula is C17H17FN2O. The summed E-state index contributed by atoms with van der Waals surface area (Å²) in [6, 6.07) is 16.2. The molecule has 0 aromatic heterocycles. The van der Waals surface area contributed by atoms with Crippen LogP contribution in [0.25, 0.3) is 0 Å². The van der Waals surface area contributed by atoms with Gasteiger partial charge in [0.05, 0.1) is 12.7 Å². The van der Waals surface area contributed by atoms with Crippen LogP contribution in [0.4, 0.5) is 4.39 Å². The Morgan fingerprint density at radius 2 is 1.90 bits per heavy atom. The molecule has 0 saturated heterocycles. The lowest BCUT2D eigenvalue weighted by Crippen LogP contribution is -2.36. The summed E-state index contributed by atoms with van der Waals surface area (Å²) in [5.41, 5.74) is 6.22. The fraction of sp³-hybridized carbons (Fsp3) is 0.235. The second-order valence-electron chi connectivity index (χ2n) is 4.93. The molecular weight excluding hydrogens is 267 g/mol. The minimum absolute atomic E-state index is 0.166. The van der Waals surface area contributed by atoms with Gasteiger partial charge in [-0.2, -0.15) is 5.26 Å². The SMILES string of the molecule is Cc1cccc(OCCC(N)(C#N)c2ccccc2)c1F. The minimum atomic E-state index is -1.14. The van der Waals surface area contributed by atoms with E-state index in [1.165, 1.54) is 0 Å². The third-order valence-electron chi connectivity index (χ3n) is 3.40. The van der Waals surface area contributed by atoms with Crippen LogP contribution in [0.5, 0.6) is 5.75 Å². The average molecular weight is 284 g/mol. The highest BCUT2D eigenvalue weighted by Gasteiger charge is 2.27. The molecule has 0 spiro atoms. The van der Waals surface area contributed by atoms with Crippen molar-refractivity contribution in [3.05, 3.63) is 65.5 Å². The van der Waals surface area contributed by atoms with Crippen molar-refractivity contribution in [2.75, 3.05) is 6.61 Å². The molecule has 4 heteroatoms. The number of hydrogen-bond acceptors (Lipinski definition) is 3. The quantitative estimate of drug-likeness (QED) is 0.916. The number of nitrogens with two attached hydrogens (primary N) is 1. The van der Waals surface area contributed by atoms with Crippen LogP contribution >= 0.6 is 0 Å². The highest BCUT2D eigenvalue weighted by atomic mass is 19.1. The van der Waals surface area contributed by atoms with Gasteiger partial charge in [-0.1, -0.05) is 42.5 Å². The Morgan fingerprint density at radius 1 is 1.19 bits per heavy atom. The fourth-order valence-electron chi connectivity index (χ4n) is 2.05. The molecule has 0 fully saturated rings. The molecule has 3 nitrogen and oxygen atoms in total. The van der Waals surface area contributed by atoms with Gasteiger partial charge in [0.15, 0.2) is 11.6 Å². The Balaban J connectivity index is 2.05. The predicted octanol–water partition coefficient (Wildman–Crippen LogP) is 3.28. The number of halogens is 1. The Hall–Kier alpha value is -2.38. The molecule has 0 heterocycles. The van der Waals surface area contributed by atoms with Crippen LogP contribution in [0.2, 0.25) is 0 Å². The van der Waals surface area contributed by atoms with Gasteiger partial charge in [-0.05, 0) is 24.1 Å². The number of aryl methyl sites for hydroxylation is 1. The Labute approximate surface area is 123 Å².